The third-order valence-electron chi connectivity index (χ3n) is 6.64. The van der Waals surface area contributed by atoms with Gasteiger partial charge in [-0.05, 0) is 37.1 Å². The minimum atomic E-state index is -0.527. The Morgan fingerprint density at radius 2 is 1.77 bits per heavy atom. The highest BCUT2D eigenvalue weighted by Gasteiger charge is 2.23. The van der Waals surface area contributed by atoms with Gasteiger partial charge in [-0.2, -0.15) is 0 Å². The van der Waals surface area contributed by atoms with E-state index in [1.807, 2.05) is 30.3 Å². The number of carbonyl (C=O) groups excluding carboxylic acids is 1. The molecule has 1 saturated heterocycles. The topological polar surface area (TPSA) is 107 Å². The van der Waals surface area contributed by atoms with Crippen molar-refractivity contribution in [3.05, 3.63) is 108 Å². The van der Waals surface area contributed by atoms with Gasteiger partial charge in [-0.15, -0.1) is 5.10 Å². The molecule has 1 aliphatic rings. The fraction of sp³-hybridized carbons (Fsp3) is 0.296. The number of likely N-dealkylation sites (tertiary alicyclic amines) is 1. The number of hydrogen-bond donors (Lipinski definition) is 1. The van der Waals surface area contributed by atoms with Gasteiger partial charge < -0.3 is 5.32 Å². The van der Waals surface area contributed by atoms with Crippen molar-refractivity contribution < 1.29 is 4.79 Å². The SMILES string of the molecule is O=C(Cn1c(=O)ccn(Cc2ccccc2)c1=O)NC1CCCN(Cc2cn(-c3c(Cl)cc(Cl)cc3Cl)nn2)C1. The Balaban J connectivity index is 1.20. The van der Waals surface area contributed by atoms with E-state index in [1.165, 1.54) is 21.5 Å². The number of amides is 1. The number of aromatic nitrogens is 5. The zero-order valence-electron chi connectivity index (χ0n) is 21.3. The molecule has 13 heteroatoms. The van der Waals surface area contributed by atoms with Crippen LogP contribution < -0.4 is 16.6 Å². The fourth-order valence-corrected chi connectivity index (χ4v) is 5.79. The van der Waals surface area contributed by atoms with E-state index in [4.69, 9.17) is 34.8 Å². The van der Waals surface area contributed by atoms with Gasteiger partial charge in [0.15, 0.2) is 0 Å². The lowest BCUT2D eigenvalue weighted by molar-refractivity contribution is -0.122. The highest BCUT2D eigenvalue weighted by molar-refractivity contribution is 6.40. The first-order valence-electron chi connectivity index (χ1n) is 12.7. The summed E-state index contributed by atoms with van der Waals surface area (Å²) >= 11 is 18.6. The van der Waals surface area contributed by atoms with Crippen LogP contribution in [-0.4, -0.2) is 54.1 Å². The summed E-state index contributed by atoms with van der Waals surface area (Å²) in [7, 11) is 0. The second-order valence-corrected chi connectivity index (χ2v) is 10.9. The van der Waals surface area contributed by atoms with E-state index in [9.17, 15) is 14.4 Å². The molecule has 5 rings (SSSR count). The van der Waals surface area contributed by atoms with Gasteiger partial charge in [0.05, 0.1) is 28.5 Å². The molecule has 3 heterocycles. The van der Waals surface area contributed by atoms with Crippen molar-refractivity contribution in [3.63, 3.8) is 0 Å². The molecule has 0 saturated carbocycles. The first-order valence-corrected chi connectivity index (χ1v) is 13.8. The monoisotopic (exact) mass is 601 g/mol. The fourth-order valence-electron chi connectivity index (χ4n) is 4.80. The lowest BCUT2D eigenvalue weighted by atomic mass is 10.1. The second kappa shape index (κ2) is 12.4. The molecule has 0 aliphatic carbocycles. The number of rotatable bonds is 8. The largest absolute Gasteiger partial charge is 0.351 e. The molecule has 1 amide bonds. The van der Waals surface area contributed by atoms with Crippen LogP contribution in [0, 0.1) is 0 Å². The summed E-state index contributed by atoms with van der Waals surface area (Å²) in [6.45, 7) is 1.88. The van der Waals surface area contributed by atoms with Crippen LogP contribution in [0.4, 0.5) is 0 Å². The van der Waals surface area contributed by atoms with Gasteiger partial charge in [0, 0.05) is 36.4 Å². The Labute approximate surface area is 244 Å². The number of nitrogens with one attached hydrogen (secondary N) is 1. The molecule has 10 nitrogen and oxygen atoms in total. The zero-order chi connectivity index (χ0) is 28.2. The third-order valence-corrected chi connectivity index (χ3v) is 7.44. The molecular formula is C27H26Cl3N7O3. The van der Waals surface area contributed by atoms with Crippen LogP contribution in [0.3, 0.4) is 0 Å². The number of nitrogens with zero attached hydrogens (tertiary/aromatic N) is 6. The molecule has 0 bridgehead atoms. The minimum absolute atomic E-state index is 0.137. The summed E-state index contributed by atoms with van der Waals surface area (Å²) in [6.07, 6.45) is 4.86. The van der Waals surface area contributed by atoms with E-state index >= 15 is 0 Å². The van der Waals surface area contributed by atoms with E-state index < -0.39 is 11.2 Å². The summed E-state index contributed by atoms with van der Waals surface area (Å²) in [6, 6.07) is 13.8. The molecule has 0 radical (unpaired) electrons. The van der Waals surface area contributed by atoms with Crippen molar-refractivity contribution in [3.8, 4) is 5.69 Å². The Kier molecular flexibility index (Phi) is 8.70. The van der Waals surface area contributed by atoms with E-state index in [0.29, 0.717) is 46.1 Å². The maximum Gasteiger partial charge on any atom is 0.331 e. The predicted molar refractivity (Wildman–Crippen MR) is 153 cm³/mol. The maximum absolute atomic E-state index is 12.9. The number of halogens is 3. The molecular weight excluding hydrogens is 577 g/mol. The normalized spacial score (nSPS) is 15.7. The zero-order valence-corrected chi connectivity index (χ0v) is 23.6. The van der Waals surface area contributed by atoms with Crippen LogP contribution in [0.15, 0.2) is 70.5 Å². The highest BCUT2D eigenvalue weighted by Crippen LogP contribution is 2.31. The summed E-state index contributed by atoms with van der Waals surface area (Å²) < 4.78 is 3.90. The minimum Gasteiger partial charge on any atom is -0.351 e. The van der Waals surface area contributed by atoms with Gasteiger partial charge in [-0.25, -0.2) is 9.48 Å². The highest BCUT2D eigenvalue weighted by atomic mass is 35.5. The maximum atomic E-state index is 12.9. The van der Waals surface area contributed by atoms with Crippen molar-refractivity contribution in [1.29, 1.82) is 0 Å². The number of hydrogen-bond acceptors (Lipinski definition) is 6. The molecule has 1 atom stereocenters. The Bertz CT molecular complexity index is 1610. The van der Waals surface area contributed by atoms with Crippen molar-refractivity contribution in [1.82, 2.24) is 34.3 Å². The quantitative estimate of drug-likeness (QED) is 0.331. The molecule has 1 unspecified atom stereocenters. The van der Waals surface area contributed by atoms with Crippen molar-refractivity contribution >= 4 is 40.7 Å². The molecule has 1 aliphatic heterocycles. The molecule has 1 N–H and O–H groups in total. The van der Waals surface area contributed by atoms with Crippen LogP contribution in [0.2, 0.25) is 15.1 Å². The summed E-state index contributed by atoms with van der Waals surface area (Å²) in [5, 5.41) is 12.5. The van der Waals surface area contributed by atoms with E-state index in [2.05, 4.69) is 20.5 Å². The average Bonchev–Trinajstić information content (AvgIpc) is 3.36. The van der Waals surface area contributed by atoms with Crippen LogP contribution in [0.1, 0.15) is 24.1 Å². The van der Waals surface area contributed by atoms with E-state index in [0.717, 1.165) is 29.5 Å². The van der Waals surface area contributed by atoms with Crippen molar-refractivity contribution in [2.24, 2.45) is 0 Å². The van der Waals surface area contributed by atoms with Crippen LogP contribution >= 0.6 is 34.8 Å². The molecule has 2 aromatic carbocycles. The lowest BCUT2D eigenvalue weighted by Crippen LogP contribution is -2.50. The van der Waals surface area contributed by atoms with Gasteiger partial charge in [-0.1, -0.05) is 70.3 Å². The summed E-state index contributed by atoms with van der Waals surface area (Å²) in [5.74, 6) is -0.388. The third kappa shape index (κ3) is 6.64. The van der Waals surface area contributed by atoms with Gasteiger partial charge in [0.2, 0.25) is 5.91 Å². The standard InChI is InChI=1S/C27H26Cl3N7O3/c28-19-11-22(29)26(23(30)12-19)37-16-21(32-33-37)15-34-9-4-7-20(14-34)31-24(38)17-36-25(39)8-10-35(27(36)40)13-18-5-2-1-3-6-18/h1-3,5-6,8,10-12,16,20H,4,7,9,13-15,17H2,(H,31,38). The van der Waals surface area contributed by atoms with Crippen LogP contribution in [0.25, 0.3) is 5.69 Å². The summed E-state index contributed by atoms with van der Waals surface area (Å²) in [5.41, 5.74) is 1.08. The summed E-state index contributed by atoms with van der Waals surface area (Å²) in [4.78, 5) is 40.4. The Morgan fingerprint density at radius 1 is 1.02 bits per heavy atom. The molecule has 4 aromatic rings. The smallest absolute Gasteiger partial charge is 0.331 e. The van der Waals surface area contributed by atoms with E-state index in [1.54, 1.807) is 18.3 Å². The number of benzene rings is 2. The first kappa shape index (κ1) is 28.1. The lowest BCUT2D eigenvalue weighted by Gasteiger charge is -2.32. The van der Waals surface area contributed by atoms with Gasteiger partial charge in [-0.3, -0.25) is 23.6 Å². The Hall–Kier alpha value is -3.44. The van der Waals surface area contributed by atoms with Crippen molar-refractivity contribution in [2.75, 3.05) is 13.1 Å². The second-order valence-electron chi connectivity index (χ2n) is 9.65. The van der Waals surface area contributed by atoms with Gasteiger partial charge in [0.25, 0.3) is 5.56 Å². The Morgan fingerprint density at radius 3 is 2.52 bits per heavy atom. The molecule has 40 heavy (non-hydrogen) atoms. The number of piperidine rings is 1. The van der Waals surface area contributed by atoms with Gasteiger partial charge >= 0.3 is 5.69 Å². The van der Waals surface area contributed by atoms with Crippen molar-refractivity contribution in [2.45, 2.75) is 38.5 Å². The van der Waals surface area contributed by atoms with E-state index in [-0.39, 0.29) is 18.5 Å². The molecule has 0 spiro atoms. The average molecular weight is 603 g/mol. The van der Waals surface area contributed by atoms with Gasteiger partial charge in [0.1, 0.15) is 12.2 Å². The molecule has 1 fully saturated rings. The number of carbonyl (C=O) groups is 1. The molecule has 2 aromatic heterocycles. The first-order chi connectivity index (χ1) is 19.3. The predicted octanol–water partition coefficient (Wildman–Crippen LogP) is 3.38. The molecule has 208 valence electrons. The van der Waals surface area contributed by atoms with Crippen LogP contribution in [0.5, 0.6) is 0 Å². The van der Waals surface area contributed by atoms with Crippen LogP contribution in [-0.2, 0) is 24.4 Å².